The molecule has 4 aromatic carbocycles. The van der Waals surface area contributed by atoms with Gasteiger partial charge in [0.05, 0.1) is 88.5 Å². The van der Waals surface area contributed by atoms with Gasteiger partial charge >= 0.3 is 19.1 Å². The molecule has 95 heavy (non-hydrogen) atoms. The molecule has 3 heterocycles. The molecule has 24 nitrogen and oxygen atoms in total. The van der Waals surface area contributed by atoms with E-state index in [9.17, 15) is 43.5 Å². The van der Waals surface area contributed by atoms with E-state index < -0.39 is 53.4 Å². The van der Waals surface area contributed by atoms with Gasteiger partial charge in [0.2, 0.25) is 11.8 Å². The van der Waals surface area contributed by atoms with Crippen LogP contribution < -0.4 is 47.7 Å². The number of aromatic nitrogens is 2. The number of ether oxygens (including phenoxy) is 3. The number of aliphatic carboxylic acids is 1. The Bertz CT molecular complexity index is 3700. The Hall–Kier alpha value is -8.15. The van der Waals surface area contributed by atoms with Crippen molar-refractivity contribution in [1.29, 1.82) is 10.8 Å². The number of hydrogen-bond donors (Lipinski definition) is 9. The third kappa shape index (κ3) is 24.5. The van der Waals surface area contributed by atoms with Crippen LogP contribution in [-0.4, -0.2) is 139 Å². The summed E-state index contributed by atoms with van der Waals surface area (Å²) in [6, 6.07) is 23.5. The number of pyridine rings is 2. The number of rotatable bonds is 26. The first-order chi connectivity index (χ1) is 43.8. The van der Waals surface area contributed by atoms with E-state index in [4.69, 9.17) is 92.2 Å². The number of esters is 1. The number of benzene rings is 4. The van der Waals surface area contributed by atoms with Crippen LogP contribution in [0.25, 0.3) is 11.1 Å². The van der Waals surface area contributed by atoms with E-state index in [0.717, 1.165) is 12.6 Å². The number of hydrogen-bond acceptors (Lipinski definition) is 17. The van der Waals surface area contributed by atoms with Crippen LogP contribution in [0.2, 0.25) is 20.1 Å². The largest absolute Gasteiger partial charge is 0.496 e. The maximum Gasteiger partial charge on any atom is 0.496 e. The Kier molecular flexibility index (Phi) is 32.3. The molecule has 0 spiro atoms. The topological polar surface area (TPSA) is 377 Å². The van der Waals surface area contributed by atoms with E-state index in [0.29, 0.717) is 44.0 Å². The third-order valence-electron chi connectivity index (χ3n) is 14.2. The highest BCUT2D eigenvalue weighted by atomic mass is 79.9. The minimum Gasteiger partial charge on any atom is -0.481 e. The van der Waals surface area contributed by atoms with Gasteiger partial charge in [-0.2, -0.15) is 13.5 Å². The Morgan fingerprint density at radius 3 is 1.42 bits per heavy atom. The van der Waals surface area contributed by atoms with Gasteiger partial charge in [-0.1, -0.05) is 100 Å². The fraction of sp³-hybridized carbons (Fsp3) is 0.312. The average Bonchev–Trinajstić information content (AvgIpc) is 1.65. The minimum absolute atomic E-state index is 0. The highest BCUT2D eigenvalue weighted by Gasteiger charge is 2.52. The summed E-state index contributed by atoms with van der Waals surface area (Å²) in [5.74, 6) is -4.48. The summed E-state index contributed by atoms with van der Waals surface area (Å²) in [6.07, 6.45) is 3.02. The lowest BCUT2D eigenvalue weighted by molar-refractivity contribution is -0.143. The molecule has 0 unspecified atom stereocenters. The summed E-state index contributed by atoms with van der Waals surface area (Å²) in [5.41, 5.74) is 14.1. The monoisotopic (exact) mass is 1470 g/mol. The molecule has 508 valence electrons. The molecular formula is C64H74BBrCl4N10O14S. The van der Waals surface area contributed by atoms with Crippen molar-refractivity contribution < 1.29 is 67.0 Å². The van der Waals surface area contributed by atoms with E-state index in [2.05, 4.69) is 47.2 Å². The van der Waals surface area contributed by atoms with Gasteiger partial charge in [0.1, 0.15) is 12.1 Å². The molecule has 2 atom stereocenters. The Morgan fingerprint density at radius 1 is 0.611 bits per heavy atom. The number of halogens is 5. The number of methoxy groups -OCH3 is 3. The number of nitrogens with one attached hydrogen (secondary N) is 6. The highest BCUT2D eigenvalue weighted by molar-refractivity contribution is 9.10. The van der Waals surface area contributed by atoms with Crippen molar-refractivity contribution in [2.24, 2.45) is 11.5 Å². The lowest BCUT2D eigenvalue weighted by atomic mass is 9.80. The molecule has 7 rings (SSSR count). The van der Waals surface area contributed by atoms with Gasteiger partial charge in [-0.05, 0) is 118 Å². The maximum absolute atomic E-state index is 12.9. The Labute approximate surface area is 585 Å². The second-order valence-electron chi connectivity index (χ2n) is 21.6. The molecule has 1 fully saturated rings. The molecule has 0 aliphatic carbocycles. The molecule has 31 heteroatoms. The van der Waals surface area contributed by atoms with Crippen LogP contribution in [0.15, 0.2) is 114 Å². The number of amides is 4. The Balaban J connectivity index is 0.000000395. The lowest BCUT2D eigenvalue weighted by Crippen LogP contribution is -2.42. The molecule has 1 aliphatic heterocycles. The van der Waals surface area contributed by atoms with Crippen LogP contribution in [0.5, 0.6) is 11.8 Å². The molecule has 0 saturated carbocycles. The quantitative estimate of drug-likeness (QED) is 0.0106. The van der Waals surface area contributed by atoms with Crippen molar-refractivity contribution in [2.75, 3.05) is 34.4 Å². The summed E-state index contributed by atoms with van der Waals surface area (Å²) < 4.78 is 27.2. The first-order valence-corrected chi connectivity index (χ1v) is 30.5. The number of nitrogens with two attached hydrogens (primary N) is 2. The minimum atomic E-state index is -1.41. The number of carboxylic acid groups (broad SMARTS) is 1. The summed E-state index contributed by atoms with van der Waals surface area (Å²) in [7, 11) is 3.88. The zero-order chi connectivity index (χ0) is 68.9. The normalized spacial score (nSPS) is 12.9. The average molecular weight is 1470 g/mol. The first-order valence-electron chi connectivity index (χ1n) is 28.2. The lowest BCUT2D eigenvalue weighted by Gasteiger charge is -2.32. The van der Waals surface area contributed by atoms with Crippen molar-refractivity contribution in [3.05, 3.63) is 167 Å². The van der Waals surface area contributed by atoms with Crippen LogP contribution >= 0.6 is 75.8 Å². The fourth-order valence-corrected chi connectivity index (χ4v) is 10.6. The number of carbonyl (C=O) groups excluding carboxylic acids is 7. The van der Waals surface area contributed by atoms with Crippen LogP contribution in [0.3, 0.4) is 0 Å². The summed E-state index contributed by atoms with van der Waals surface area (Å²) in [5, 5.41) is 34.3. The molecule has 1 saturated heterocycles. The molecule has 2 aromatic heterocycles. The van der Waals surface area contributed by atoms with Gasteiger partial charge < -0.3 is 61.4 Å². The maximum atomic E-state index is 12.9. The van der Waals surface area contributed by atoms with Gasteiger partial charge in [-0.15, -0.1) is 0 Å². The smallest absolute Gasteiger partial charge is 0.481 e. The number of nitrogens with zero attached hydrogens (tertiary/aromatic N) is 2. The molecule has 6 aromatic rings. The molecule has 0 radical (unpaired) electrons. The second-order valence-corrected chi connectivity index (χ2v) is 24.2. The molecular weight excluding hydrogens is 1400 g/mol. The van der Waals surface area contributed by atoms with Crippen molar-refractivity contribution in [1.82, 2.24) is 31.2 Å². The number of amidine groups is 2. The van der Waals surface area contributed by atoms with Gasteiger partial charge in [0, 0.05) is 70.8 Å². The van der Waals surface area contributed by atoms with Crippen molar-refractivity contribution in [2.45, 2.75) is 96.9 Å². The number of carboxylic acids is 1. The van der Waals surface area contributed by atoms with E-state index in [1.54, 1.807) is 86.2 Å². The van der Waals surface area contributed by atoms with Gasteiger partial charge in [0.25, 0.3) is 23.6 Å². The zero-order valence-corrected chi connectivity index (χ0v) is 57.6. The van der Waals surface area contributed by atoms with Crippen LogP contribution in [0.4, 0.5) is 0 Å². The molecule has 0 bridgehead atoms. The van der Waals surface area contributed by atoms with E-state index in [1.807, 2.05) is 33.8 Å². The predicted octanol–water partition coefficient (Wildman–Crippen LogP) is 8.93. The summed E-state index contributed by atoms with van der Waals surface area (Å²) in [4.78, 5) is 107. The standard InChI is InChI=1S/C28H27Cl2N5O6.C23H23BrCl2N4O5.C12H18BNO3.CH4.H2S/c1-41-24-8-5-17(13-33-24)18-11-20(29)25(21(30)12-18)27(38)35-22(28(39)40)7-6-19(36)14-34-26(37)16-4-2-3-15(9-16)10-23(31)32;1-35-23(34)18(30-22(33)20-16(25)9-14(24)10-17(20)26)6-5-15(31)11-29-21(32)13-4-2-3-12(7-13)8-19(27)28;1-11(2)12(3,4)17-13(16-11)9-6-7-10(15-5)14-8-9;;/h2-5,8-9,11-13,22H,6-7,10,14H2,1H3,(H3,31,32)(H,34,37)(H,35,38)(H,39,40);2-4,7,9-10,18H,5-6,8,11H2,1H3,(H3,27,28)(H,29,32)(H,30,33);6-8H,1-5H3;1H4;1H2/t22-;18-;;;/m00.../s1. The first kappa shape index (κ1) is 81.1. The van der Waals surface area contributed by atoms with Crippen molar-refractivity contribution in [3.8, 4) is 22.9 Å². The van der Waals surface area contributed by atoms with E-state index in [1.165, 1.54) is 31.4 Å². The van der Waals surface area contributed by atoms with Gasteiger partial charge in [0.15, 0.2) is 11.6 Å². The molecule has 1 aliphatic rings. The number of carbonyl (C=O) groups is 8. The summed E-state index contributed by atoms with van der Waals surface area (Å²) in [6.45, 7) is 7.51. The number of Topliss-reactive ketones (excluding diaryl/α,β-unsaturated/α-hetero) is 2. The van der Waals surface area contributed by atoms with Gasteiger partial charge in [-0.25, -0.2) is 19.6 Å². The highest BCUT2D eigenvalue weighted by Crippen LogP contribution is 2.37. The van der Waals surface area contributed by atoms with Crippen molar-refractivity contribution in [3.63, 3.8) is 0 Å². The molecule has 11 N–H and O–H groups in total. The van der Waals surface area contributed by atoms with E-state index >= 15 is 0 Å². The second kappa shape index (κ2) is 37.8. The zero-order valence-electron chi connectivity index (χ0n) is 52.0. The van der Waals surface area contributed by atoms with Crippen molar-refractivity contribution >= 4 is 147 Å². The van der Waals surface area contributed by atoms with Gasteiger partial charge in [-0.3, -0.25) is 39.6 Å². The van der Waals surface area contributed by atoms with Crippen LogP contribution in [0.1, 0.15) is 113 Å². The summed E-state index contributed by atoms with van der Waals surface area (Å²) >= 11 is 28.1. The molecule has 4 amide bonds. The fourth-order valence-electron chi connectivity index (χ4n) is 8.56. The van der Waals surface area contributed by atoms with Crippen LogP contribution in [0, 0.1) is 10.8 Å². The Morgan fingerprint density at radius 2 is 1.03 bits per heavy atom. The van der Waals surface area contributed by atoms with Crippen LogP contribution in [-0.2, 0) is 46.1 Å². The SMILES string of the molecule is C.COC(=O)[C@H](CCC(=O)CNC(=O)c1cccc(CC(=N)N)c1)NC(=O)c1c(Cl)cc(Br)cc1Cl.COc1ccc(-c2cc(Cl)c(C(=O)N[C@@H](CCC(=O)CNC(=O)c3cccc(CC(=N)N)c3)C(=O)O)c(Cl)c2)cn1.COc1ccc(B2OC(C)(C)C(C)(C)O2)cn1.S. The number of ketones is 2. The van der Waals surface area contributed by atoms with E-state index in [-0.39, 0.29) is 145 Å². The predicted molar refractivity (Wildman–Crippen MR) is 373 cm³/mol. The third-order valence-corrected chi connectivity index (χ3v) is 15.8.